The second-order valence-electron chi connectivity index (χ2n) is 7.86. The lowest BCUT2D eigenvalue weighted by Gasteiger charge is -2.35. The molecular formula is C23H27N7O2S. The summed E-state index contributed by atoms with van der Waals surface area (Å²) < 4.78 is 1.56. The summed E-state index contributed by atoms with van der Waals surface area (Å²) in [7, 11) is 0. The lowest BCUT2D eigenvalue weighted by molar-refractivity contribution is -0.132. The van der Waals surface area contributed by atoms with Crippen LogP contribution in [-0.4, -0.2) is 68.4 Å². The van der Waals surface area contributed by atoms with E-state index >= 15 is 0 Å². The predicted octanol–water partition coefficient (Wildman–Crippen LogP) is 2.37. The number of hydrogen-bond donors (Lipinski definition) is 1. The average molecular weight is 466 g/mol. The smallest absolute Gasteiger partial charge is 0.244 e. The van der Waals surface area contributed by atoms with Crippen molar-refractivity contribution in [3.05, 3.63) is 60.3 Å². The maximum atomic E-state index is 12.8. The number of amides is 2. The van der Waals surface area contributed by atoms with Gasteiger partial charge < -0.3 is 15.1 Å². The number of rotatable bonds is 7. The number of piperazine rings is 1. The Morgan fingerprint density at radius 3 is 2.58 bits per heavy atom. The second kappa shape index (κ2) is 10.5. The lowest BCUT2D eigenvalue weighted by atomic mass is 10.2. The molecule has 3 heterocycles. The fourth-order valence-electron chi connectivity index (χ4n) is 3.61. The topological polar surface area (TPSA) is 96.2 Å². The molecule has 0 spiro atoms. The van der Waals surface area contributed by atoms with Crippen molar-refractivity contribution in [1.29, 1.82) is 0 Å². The molecule has 0 aliphatic carbocycles. The molecule has 4 rings (SSSR count). The van der Waals surface area contributed by atoms with Crippen LogP contribution in [0.4, 0.5) is 11.5 Å². The number of nitrogens with zero attached hydrogens (tertiary/aromatic N) is 6. The van der Waals surface area contributed by atoms with Gasteiger partial charge in [-0.05, 0) is 26.0 Å². The number of nitrogens with one attached hydrogen (secondary N) is 1. The molecule has 1 fully saturated rings. The van der Waals surface area contributed by atoms with E-state index in [2.05, 4.69) is 25.3 Å². The standard InChI is InChI=1S/C23H27N7O2S/c1-17-12-24-18(2)23(26-17)29-10-8-28(9-11-29)22(32)15-30-14-19(13-25-30)27-21(31)16-33-20-6-4-3-5-7-20/h3-7,12-14H,8-11,15-16H2,1-2H3,(H,27,31). The van der Waals surface area contributed by atoms with Crippen LogP contribution in [0, 0.1) is 13.8 Å². The quantitative estimate of drug-likeness (QED) is 0.535. The maximum Gasteiger partial charge on any atom is 0.244 e. The predicted molar refractivity (Wildman–Crippen MR) is 128 cm³/mol. The van der Waals surface area contributed by atoms with Gasteiger partial charge in [-0.2, -0.15) is 5.10 Å². The highest BCUT2D eigenvalue weighted by molar-refractivity contribution is 8.00. The van der Waals surface area contributed by atoms with Crippen LogP contribution in [0.2, 0.25) is 0 Å². The van der Waals surface area contributed by atoms with Crippen molar-refractivity contribution in [3.8, 4) is 0 Å². The minimum atomic E-state index is -0.111. The number of benzene rings is 1. The fourth-order valence-corrected chi connectivity index (χ4v) is 4.33. The third-order valence-electron chi connectivity index (χ3n) is 5.31. The van der Waals surface area contributed by atoms with Crippen LogP contribution in [0.15, 0.2) is 53.8 Å². The lowest BCUT2D eigenvalue weighted by Crippen LogP contribution is -2.50. The summed E-state index contributed by atoms with van der Waals surface area (Å²) in [5, 5.41) is 7.06. The number of carbonyl (C=O) groups excluding carboxylic acids is 2. The molecule has 1 saturated heterocycles. The van der Waals surface area contributed by atoms with E-state index in [9.17, 15) is 9.59 Å². The summed E-state index contributed by atoms with van der Waals surface area (Å²) in [4.78, 5) is 39.0. The van der Waals surface area contributed by atoms with E-state index in [4.69, 9.17) is 0 Å². The van der Waals surface area contributed by atoms with Crippen molar-refractivity contribution < 1.29 is 9.59 Å². The van der Waals surface area contributed by atoms with Gasteiger partial charge in [-0.25, -0.2) is 4.98 Å². The van der Waals surface area contributed by atoms with Crippen LogP contribution in [0.3, 0.4) is 0 Å². The van der Waals surface area contributed by atoms with Gasteiger partial charge in [0.05, 0.1) is 29.0 Å². The van der Waals surface area contributed by atoms with Crippen molar-refractivity contribution in [2.24, 2.45) is 0 Å². The van der Waals surface area contributed by atoms with E-state index in [0.29, 0.717) is 37.6 Å². The SMILES string of the molecule is Cc1cnc(C)c(N2CCN(C(=O)Cn3cc(NC(=O)CSc4ccccc4)cn3)CC2)n1. The van der Waals surface area contributed by atoms with Crippen molar-refractivity contribution in [2.45, 2.75) is 25.3 Å². The van der Waals surface area contributed by atoms with E-state index in [-0.39, 0.29) is 18.4 Å². The van der Waals surface area contributed by atoms with Crippen LogP contribution in [0.5, 0.6) is 0 Å². The minimum absolute atomic E-state index is 0.00214. The summed E-state index contributed by atoms with van der Waals surface area (Å²) in [5.74, 6) is 1.09. The van der Waals surface area contributed by atoms with Crippen molar-refractivity contribution in [2.75, 3.05) is 42.1 Å². The van der Waals surface area contributed by atoms with E-state index in [1.807, 2.05) is 49.1 Å². The molecular weight excluding hydrogens is 438 g/mol. The molecule has 33 heavy (non-hydrogen) atoms. The first-order valence-electron chi connectivity index (χ1n) is 10.8. The maximum absolute atomic E-state index is 12.8. The molecule has 3 aromatic rings. The highest BCUT2D eigenvalue weighted by Crippen LogP contribution is 2.19. The molecule has 10 heteroatoms. The Bertz CT molecular complexity index is 1110. The van der Waals surface area contributed by atoms with Gasteiger partial charge in [0.2, 0.25) is 11.8 Å². The second-order valence-corrected chi connectivity index (χ2v) is 8.91. The van der Waals surface area contributed by atoms with Gasteiger partial charge >= 0.3 is 0 Å². The normalized spacial score (nSPS) is 13.8. The van der Waals surface area contributed by atoms with Gasteiger partial charge in [-0.3, -0.25) is 19.3 Å². The summed E-state index contributed by atoms with van der Waals surface area (Å²) in [6.07, 6.45) is 5.02. The van der Waals surface area contributed by atoms with Gasteiger partial charge in [0.25, 0.3) is 0 Å². The van der Waals surface area contributed by atoms with Crippen LogP contribution < -0.4 is 10.2 Å². The molecule has 1 aliphatic heterocycles. The van der Waals surface area contributed by atoms with Crippen LogP contribution in [-0.2, 0) is 16.1 Å². The number of carbonyl (C=O) groups is 2. The minimum Gasteiger partial charge on any atom is -0.352 e. The Kier molecular flexibility index (Phi) is 7.23. The molecule has 172 valence electrons. The van der Waals surface area contributed by atoms with Crippen molar-refractivity contribution in [1.82, 2.24) is 24.6 Å². The Morgan fingerprint density at radius 1 is 1.06 bits per heavy atom. The highest BCUT2D eigenvalue weighted by atomic mass is 32.2. The number of anilines is 2. The molecule has 9 nitrogen and oxygen atoms in total. The fraction of sp³-hybridized carbons (Fsp3) is 0.348. The zero-order valence-corrected chi connectivity index (χ0v) is 19.6. The number of aromatic nitrogens is 4. The summed E-state index contributed by atoms with van der Waals surface area (Å²) in [5.41, 5.74) is 2.36. The van der Waals surface area contributed by atoms with E-state index in [1.165, 1.54) is 11.8 Å². The van der Waals surface area contributed by atoms with Crippen LogP contribution in [0.1, 0.15) is 11.4 Å². The average Bonchev–Trinajstić information content (AvgIpc) is 3.26. The van der Waals surface area contributed by atoms with E-state index in [1.54, 1.807) is 23.3 Å². The molecule has 0 unspecified atom stereocenters. The van der Waals surface area contributed by atoms with E-state index in [0.717, 1.165) is 22.1 Å². The van der Waals surface area contributed by atoms with Crippen LogP contribution in [0.25, 0.3) is 0 Å². The third-order valence-corrected chi connectivity index (χ3v) is 6.32. The molecule has 1 N–H and O–H groups in total. The van der Waals surface area contributed by atoms with Gasteiger partial charge in [-0.15, -0.1) is 11.8 Å². The van der Waals surface area contributed by atoms with Crippen molar-refractivity contribution >= 4 is 35.1 Å². The third kappa shape index (κ3) is 6.10. The summed E-state index contributed by atoms with van der Waals surface area (Å²) in [6.45, 7) is 6.68. The zero-order valence-electron chi connectivity index (χ0n) is 18.8. The van der Waals surface area contributed by atoms with Gasteiger partial charge in [0.15, 0.2) is 0 Å². The van der Waals surface area contributed by atoms with Gasteiger partial charge in [0.1, 0.15) is 12.4 Å². The monoisotopic (exact) mass is 465 g/mol. The van der Waals surface area contributed by atoms with Crippen molar-refractivity contribution in [3.63, 3.8) is 0 Å². The summed E-state index contributed by atoms with van der Waals surface area (Å²) in [6, 6.07) is 9.77. The number of thioether (sulfide) groups is 1. The molecule has 0 radical (unpaired) electrons. The molecule has 0 atom stereocenters. The molecule has 0 bridgehead atoms. The van der Waals surface area contributed by atoms with E-state index < -0.39 is 0 Å². The molecule has 1 aromatic carbocycles. The summed E-state index contributed by atoms with van der Waals surface area (Å²) >= 11 is 1.47. The first-order valence-corrected chi connectivity index (χ1v) is 11.8. The Labute approximate surface area is 197 Å². The van der Waals surface area contributed by atoms with Crippen LogP contribution >= 0.6 is 11.8 Å². The Morgan fingerprint density at radius 2 is 1.82 bits per heavy atom. The van der Waals surface area contributed by atoms with Gasteiger partial charge in [0, 0.05) is 43.5 Å². The first kappa shape index (κ1) is 22.8. The van der Waals surface area contributed by atoms with Gasteiger partial charge in [-0.1, -0.05) is 18.2 Å². The molecule has 1 aliphatic rings. The Balaban J connectivity index is 1.24. The molecule has 0 saturated carbocycles. The number of aryl methyl sites for hydroxylation is 2. The zero-order chi connectivity index (χ0) is 23.2. The number of hydrogen-bond acceptors (Lipinski definition) is 7. The highest BCUT2D eigenvalue weighted by Gasteiger charge is 2.23. The first-order chi connectivity index (χ1) is 16.0. The molecule has 2 amide bonds. The largest absolute Gasteiger partial charge is 0.352 e. The molecule has 2 aromatic heterocycles. The Hall–Kier alpha value is -3.40.